The number of carbonyl (C=O) groups is 1. The van der Waals surface area contributed by atoms with E-state index in [0.29, 0.717) is 6.61 Å². The number of unbranched alkanes of at least 4 members (excludes halogenated alkanes) is 19. The van der Waals surface area contributed by atoms with E-state index in [1.165, 1.54) is 83.5 Å². The Morgan fingerprint density at radius 3 is 1.43 bits per heavy atom. The van der Waals surface area contributed by atoms with Crippen LogP contribution >= 0.6 is 7.82 Å². The molecule has 0 rings (SSSR count). The maximum atomic E-state index is 12.7. The molecule has 0 aliphatic heterocycles. The van der Waals surface area contributed by atoms with Crippen molar-refractivity contribution >= 4 is 13.8 Å². The molecule has 3 N–H and O–H groups in total. The highest BCUT2D eigenvalue weighted by molar-refractivity contribution is 7.47. The standard InChI is InChI=1S/C50H89O9P/c1-3-5-7-9-11-13-15-17-19-21-23-25-27-29-31-33-35-37-39-41-43-56-46-49(47-58-60(54,55)57-45-48(52)44-51)59-50(53)42-40-38-36-34-32-30-28-26-24-22-20-18-16-14-12-10-8-6-4-2/h5,7,11-14,17-20,23,25,48-49,51-52H,3-4,6,8-10,15-16,21-22,24,26-47H2,1-2H3,(H,54,55)/b7-5-,13-11-,14-12-,19-17-,20-18-,25-23-. The lowest BCUT2D eigenvalue weighted by Crippen LogP contribution is -2.29. The monoisotopic (exact) mass is 865 g/mol. The second-order valence-electron chi connectivity index (χ2n) is 15.7. The summed E-state index contributed by atoms with van der Waals surface area (Å²) < 4.78 is 33.5. The summed E-state index contributed by atoms with van der Waals surface area (Å²) in [6.07, 6.45) is 55.7. The van der Waals surface area contributed by atoms with Crippen LogP contribution in [0.15, 0.2) is 72.9 Å². The Balaban J connectivity index is 4.16. The number of allylic oxidation sites excluding steroid dienone is 12. The lowest BCUT2D eigenvalue weighted by molar-refractivity contribution is -0.154. The van der Waals surface area contributed by atoms with Crippen molar-refractivity contribution in [2.24, 2.45) is 0 Å². The number of hydrogen-bond donors (Lipinski definition) is 3. The Hall–Kier alpha value is -2.10. The van der Waals surface area contributed by atoms with Crippen LogP contribution in [0.3, 0.4) is 0 Å². The van der Waals surface area contributed by atoms with Crippen molar-refractivity contribution in [2.75, 3.05) is 33.0 Å². The van der Waals surface area contributed by atoms with Gasteiger partial charge in [-0.3, -0.25) is 13.8 Å². The molecule has 0 heterocycles. The van der Waals surface area contributed by atoms with Crippen molar-refractivity contribution in [1.82, 2.24) is 0 Å². The molecule has 0 bridgehead atoms. The third-order valence-electron chi connectivity index (χ3n) is 9.88. The van der Waals surface area contributed by atoms with Gasteiger partial charge in [-0.05, 0) is 83.5 Å². The summed E-state index contributed by atoms with van der Waals surface area (Å²) in [5.74, 6) is -0.393. The van der Waals surface area contributed by atoms with Gasteiger partial charge in [0.25, 0.3) is 0 Å². The summed E-state index contributed by atoms with van der Waals surface area (Å²) in [7, 11) is -4.53. The highest BCUT2D eigenvalue weighted by Gasteiger charge is 2.26. The average Bonchev–Trinajstić information content (AvgIpc) is 3.24. The van der Waals surface area contributed by atoms with Gasteiger partial charge in [-0.2, -0.15) is 0 Å². The van der Waals surface area contributed by atoms with Crippen LogP contribution in [-0.4, -0.2) is 66.3 Å². The van der Waals surface area contributed by atoms with Crippen LogP contribution in [-0.2, 0) is 27.9 Å². The van der Waals surface area contributed by atoms with Crippen LogP contribution in [0.5, 0.6) is 0 Å². The Morgan fingerprint density at radius 2 is 0.950 bits per heavy atom. The molecule has 0 spiro atoms. The van der Waals surface area contributed by atoms with E-state index in [4.69, 9.17) is 23.6 Å². The molecule has 0 aliphatic carbocycles. The summed E-state index contributed by atoms with van der Waals surface area (Å²) in [5.41, 5.74) is 0. The fraction of sp³-hybridized carbons (Fsp3) is 0.740. The lowest BCUT2D eigenvalue weighted by atomic mass is 10.1. The second-order valence-corrected chi connectivity index (χ2v) is 17.2. The van der Waals surface area contributed by atoms with E-state index in [2.05, 4.69) is 86.8 Å². The van der Waals surface area contributed by atoms with Crippen LogP contribution in [0.1, 0.15) is 194 Å². The number of carbonyl (C=O) groups excluding carboxylic acids is 1. The Morgan fingerprint density at radius 1 is 0.533 bits per heavy atom. The first-order chi connectivity index (χ1) is 29.3. The molecule has 0 aromatic heterocycles. The van der Waals surface area contributed by atoms with Crippen LogP contribution in [0, 0.1) is 0 Å². The molecule has 0 amide bonds. The smallest absolute Gasteiger partial charge is 0.457 e. The number of aliphatic hydroxyl groups is 2. The van der Waals surface area contributed by atoms with Crippen molar-refractivity contribution in [3.63, 3.8) is 0 Å². The van der Waals surface area contributed by atoms with Gasteiger partial charge in [0.1, 0.15) is 12.2 Å². The molecule has 9 nitrogen and oxygen atoms in total. The molecule has 3 atom stereocenters. The summed E-state index contributed by atoms with van der Waals surface area (Å²) in [5, 5.41) is 18.4. The third-order valence-corrected chi connectivity index (χ3v) is 10.8. The van der Waals surface area contributed by atoms with E-state index in [1.54, 1.807) is 0 Å². The van der Waals surface area contributed by atoms with Crippen LogP contribution in [0.25, 0.3) is 0 Å². The molecular weight excluding hydrogens is 776 g/mol. The zero-order valence-corrected chi connectivity index (χ0v) is 39.1. The van der Waals surface area contributed by atoms with Gasteiger partial charge in [0.15, 0.2) is 0 Å². The zero-order valence-electron chi connectivity index (χ0n) is 38.2. The fourth-order valence-electron chi connectivity index (χ4n) is 6.26. The van der Waals surface area contributed by atoms with Gasteiger partial charge in [0, 0.05) is 13.0 Å². The number of hydrogen-bond acceptors (Lipinski definition) is 8. The van der Waals surface area contributed by atoms with Gasteiger partial charge >= 0.3 is 13.8 Å². The molecule has 10 heteroatoms. The number of aliphatic hydroxyl groups excluding tert-OH is 2. The molecule has 0 fully saturated rings. The van der Waals surface area contributed by atoms with Crippen molar-refractivity contribution in [3.8, 4) is 0 Å². The maximum Gasteiger partial charge on any atom is 0.472 e. The van der Waals surface area contributed by atoms with Gasteiger partial charge < -0.3 is 24.6 Å². The van der Waals surface area contributed by atoms with E-state index in [9.17, 15) is 19.4 Å². The Kier molecular flexibility index (Phi) is 44.8. The molecule has 0 radical (unpaired) electrons. The minimum Gasteiger partial charge on any atom is -0.457 e. The summed E-state index contributed by atoms with van der Waals surface area (Å²) in [6.45, 7) is 3.35. The first-order valence-electron chi connectivity index (χ1n) is 23.9. The first-order valence-corrected chi connectivity index (χ1v) is 25.4. The quantitative estimate of drug-likeness (QED) is 0.0237. The third kappa shape index (κ3) is 45.4. The molecule has 0 aromatic rings. The zero-order chi connectivity index (χ0) is 43.9. The number of esters is 1. The van der Waals surface area contributed by atoms with Gasteiger partial charge in [-0.25, -0.2) is 4.57 Å². The second kappa shape index (κ2) is 46.4. The number of phosphoric acid groups is 1. The summed E-state index contributed by atoms with van der Waals surface area (Å²) >= 11 is 0. The van der Waals surface area contributed by atoms with Gasteiger partial charge in [0.2, 0.25) is 0 Å². The SMILES string of the molecule is CC/C=C\C/C=C\C/C=C\C/C=C\CCCCCCCCCOCC(COP(=O)(O)OCC(O)CO)OC(=O)CCCCCCCCCCC/C=C\C/C=C\CCCCC. The number of rotatable bonds is 45. The minimum absolute atomic E-state index is 0.0368. The van der Waals surface area contributed by atoms with Crippen molar-refractivity contribution in [3.05, 3.63) is 72.9 Å². The highest BCUT2D eigenvalue weighted by Crippen LogP contribution is 2.43. The predicted molar refractivity (Wildman–Crippen MR) is 251 cm³/mol. The maximum absolute atomic E-state index is 12.7. The molecule has 60 heavy (non-hydrogen) atoms. The molecule has 0 saturated carbocycles. The lowest BCUT2D eigenvalue weighted by Gasteiger charge is -2.20. The van der Waals surface area contributed by atoms with E-state index >= 15 is 0 Å². The molecule has 3 unspecified atom stereocenters. The minimum atomic E-state index is -4.53. The summed E-state index contributed by atoms with van der Waals surface area (Å²) in [4.78, 5) is 22.7. The van der Waals surface area contributed by atoms with E-state index in [1.807, 2.05) is 0 Å². The molecule has 0 aliphatic rings. The molecule has 0 aromatic carbocycles. The first kappa shape index (κ1) is 57.9. The average molecular weight is 865 g/mol. The van der Waals surface area contributed by atoms with E-state index in [-0.39, 0.29) is 19.6 Å². The number of phosphoric ester groups is 1. The van der Waals surface area contributed by atoms with Gasteiger partial charge in [0.05, 0.1) is 26.4 Å². The van der Waals surface area contributed by atoms with Crippen LogP contribution in [0.2, 0.25) is 0 Å². The predicted octanol–water partition coefficient (Wildman–Crippen LogP) is 13.7. The van der Waals surface area contributed by atoms with Crippen molar-refractivity contribution < 1.29 is 43.0 Å². The van der Waals surface area contributed by atoms with Crippen LogP contribution in [0.4, 0.5) is 0 Å². The van der Waals surface area contributed by atoms with E-state index < -0.39 is 39.2 Å². The van der Waals surface area contributed by atoms with Gasteiger partial charge in [-0.15, -0.1) is 0 Å². The normalized spacial score (nSPS) is 14.6. The largest absolute Gasteiger partial charge is 0.472 e. The number of ether oxygens (including phenoxy) is 2. The highest BCUT2D eigenvalue weighted by atomic mass is 31.2. The van der Waals surface area contributed by atoms with Crippen molar-refractivity contribution in [2.45, 2.75) is 206 Å². The van der Waals surface area contributed by atoms with Gasteiger partial charge in [-0.1, -0.05) is 177 Å². The Labute approximate surface area is 367 Å². The fourth-order valence-corrected chi connectivity index (χ4v) is 7.05. The molecule has 0 saturated heterocycles. The molecular formula is C50H89O9P. The summed E-state index contributed by atoms with van der Waals surface area (Å²) in [6, 6.07) is 0. The topological polar surface area (TPSA) is 132 Å². The van der Waals surface area contributed by atoms with Crippen molar-refractivity contribution in [1.29, 1.82) is 0 Å². The Bertz CT molecular complexity index is 1160. The molecule has 348 valence electrons. The van der Waals surface area contributed by atoms with E-state index in [0.717, 1.165) is 89.9 Å². The van der Waals surface area contributed by atoms with Crippen LogP contribution < -0.4 is 0 Å².